The van der Waals surface area contributed by atoms with Crippen molar-refractivity contribution >= 4 is 21.8 Å². The number of piperazine rings is 1. The van der Waals surface area contributed by atoms with Crippen LogP contribution in [0.3, 0.4) is 0 Å². The third-order valence-corrected chi connectivity index (χ3v) is 7.95. The predicted molar refractivity (Wildman–Crippen MR) is 143 cm³/mol. The first-order valence-electron chi connectivity index (χ1n) is 12.9. The van der Waals surface area contributed by atoms with Crippen molar-refractivity contribution in [3.63, 3.8) is 0 Å². The Morgan fingerprint density at radius 3 is 2.26 bits per heavy atom. The lowest BCUT2D eigenvalue weighted by molar-refractivity contribution is -0.137. The number of amides is 2. The van der Waals surface area contributed by atoms with Crippen LogP contribution < -0.4 is 14.9 Å². The van der Waals surface area contributed by atoms with E-state index in [1.807, 2.05) is 30.3 Å². The van der Waals surface area contributed by atoms with E-state index in [1.165, 1.54) is 12.1 Å². The molecule has 1 saturated heterocycles. The van der Waals surface area contributed by atoms with E-state index >= 15 is 0 Å². The molecule has 2 aromatic carbocycles. The van der Waals surface area contributed by atoms with Crippen LogP contribution in [0.1, 0.15) is 32.3 Å². The zero-order valence-electron chi connectivity index (χ0n) is 22.0. The molecule has 2 amide bonds. The average Bonchev–Trinajstić information content (AvgIpc) is 2.92. The number of hydroxylamine groups is 1. The number of nitrogens with one attached hydrogen (secondary N) is 2. The second kappa shape index (κ2) is 14.2. The monoisotopic (exact) mass is 546 g/mol. The first kappa shape index (κ1) is 29.6. The van der Waals surface area contributed by atoms with Crippen LogP contribution in [0.25, 0.3) is 0 Å². The van der Waals surface area contributed by atoms with Gasteiger partial charge in [0.2, 0.25) is 15.9 Å². The SMILES string of the molecule is CC(C)CCCOc1ccc(S(=O)(=O)NCC(C(=O)NO)N2CCN(C(=O)Cc3ccccc3)CC2)cc1. The Morgan fingerprint density at radius 1 is 1.00 bits per heavy atom. The summed E-state index contributed by atoms with van der Waals surface area (Å²) in [4.78, 5) is 28.6. The molecule has 1 aliphatic heterocycles. The Labute approximate surface area is 225 Å². The maximum Gasteiger partial charge on any atom is 0.262 e. The number of carbonyl (C=O) groups is 2. The lowest BCUT2D eigenvalue weighted by atomic mass is 10.1. The summed E-state index contributed by atoms with van der Waals surface area (Å²) in [6.45, 7) is 6.14. The van der Waals surface area contributed by atoms with E-state index in [0.29, 0.717) is 50.9 Å². The summed E-state index contributed by atoms with van der Waals surface area (Å²) >= 11 is 0. The van der Waals surface area contributed by atoms with Crippen LogP contribution >= 0.6 is 0 Å². The van der Waals surface area contributed by atoms with Gasteiger partial charge in [-0.25, -0.2) is 18.6 Å². The second-order valence-electron chi connectivity index (χ2n) is 9.78. The number of ether oxygens (including phenoxy) is 1. The molecule has 1 fully saturated rings. The molecule has 0 aromatic heterocycles. The van der Waals surface area contributed by atoms with Crippen LogP contribution in [0, 0.1) is 5.92 Å². The fourth-order valence-electron chi connectivity index (χ4n) is 4.30. The number of carbonyl (C=O) groups excluding carboxylic acids is 2. The number of benzene rings is 2. The topological polar surface area (TPSA) is 128 Å². The first-order chi connectivity index (χ1) is 18.2. The molecule has 10 nitrogen and oxygen atoms in total. The van der Waals surface area contributed by atoms with Gasteiger partial charge in [0.25, 0.3) is 5.91 Å². The van der Waals surface area contributed by atoms with Crippen LogP contribution in [0.4, 0.5) is 0 Å². The first-order valence-corrected chi connectivity index (χ1v) is 14.4. The van der Waals surface area contributed by atoms with E-state index in [1.54, 1.807) is 27.4 Å². The Kier molecular flexibility index (Phi) is 11.1. The summed E-state index contributed by atoms with van der Waals surface area (Å²) in [5.41, 5.74) is 2.56. The summed E-state index contributed by atoms with van der Waals surface area (Å²) in [5.74, 6) is 0.457. The highest BCUT2D eigenvalue weighted by atomic mass is 32.2. The van der Waals surface area contributed by atoms with E-state index in [9.17, 15) is 23.2 Å². The van der Waals surface area contributed by atoms with Crippen LogP contribution in [-0.4, -0.2) is 80.6 Å². The number of sulfonamides is 1. The Balaban J connectivity index is 1.53. The summed E-state index contributed by atoms with van der Waals surface area (Å²) in [6.07, 6.45) is 2.27. The molecule has 1 aliphatic rings. The zero-order chi connectivity index (χ0) is 27.5. The van der Waals surface area contributed by atoms with Gasteiger partial charge in [0.1, 0.15) is 11.8 Å². The van der Waals surface area contributed by atoms with E-state index < -0.39 is 22.0 Å². The van der Waals surface area contributed by atoms with Gasteiger partial charge in [0.05, 0.1) is 17.9 Å². The Bertz CT molecular complexity index is 1130. The van der Waals surface area contributed by atoms with Gasteiger partial charge in [-0.3, -0.25) is 19.7 Å². The maximum atomic E-state index is 12.9. The zero-order valence-corrected chi connectivity index (χ0v) is 22.8. The van der Waals surface area contributed by atoms with Crippen molar-refractivity contribution in [1.29, 1.82) is 0 Å². The van der Waals surface area contributed by atoms with E-state index in [0.717, 1.165) is 18.4 Å². The lowest BCUT2D eigenvalue weighted by Gasteiger charge is -2.38. The molecule has 0 saturated carbocycles. The highest BCUT2D eigenvalue weighted by molar-refractivity contribution is 7.89. The van der Waals surface area contributed by atoms with Crippen molar-refractivity contribution < 1.29 is 28.0 Å². The standard InChI is InChI=1S/C27H38N4O6S/c1-21(2)7-6-18-37-23-10-12-24(13-11-23)38(35,36)28-20-25(27(33)29-34)30-14-16-31(17-15-30)26(32)19-22-8-4-3-5-9-22/h3-5,8-13,21,25,28,34H,6-7,14-20H2,1-2H3,(H,29,33). The number of rotatable bonds is 13. The van der Waals surface area contributed by atoms with Gasteiger partial charge >= 0.3 is 0 Å². The molecule has 11 heteroatoms. The minimum atomic E-state index is -3.91. The summed E-state index contributed by atoms with van der Waals surface area (Å²) in [7, 11) is -3.91. The summed E-state index contributed by atoms with van der Waals surface area (Å²) in [5, 5.41) is 9.25. The molecule has 0 bridgehead atoms. The van der Waals surface area contributed by atoms with Gasteiger partial charge in [0.15, 0.2) is 0 Å². The molecule has 208 valence electrons. The molecule has 3 N–H and O–H groups in total. The van der Waals surface area contributed by atoms with Crippen LogP contribution in [0.15, 0.2) is 59.5 Å². The van der Waals surface area contributed by atoms with Crippen molar-refractivity contribution in [2.75, 3.05) is 39.3 Å². The van der Waals surface area contributed by atoms with Gasteiger partial charge in [-0.05, 0) is 48.6 Å². The van der Waals surface area contributed by atoms with E-state index in [-0.39, 0.29) is 17.3 Å². The Morgan fingerprint density at radius 2 is 1.66 bits per heavy atom. The predicted octanol–water partition coefficient (Wildman–Crippen LogP) is 2.04. The highest BCUT2D eigenvalue weighted by Gasteiger charge is 2.31. The number of hydrogen-bond donors (Lipinski definition) is 3. The van der Waals surface area contributed by atoms with Crippen molar-refractivity contribution in [2.24, 2.45) is 5.92 Å². The minimum absolute atomic E-state index is 0.00735. The van der Waals surface area contributed by atoms with Crippen LogP contribution in [-0.2, 0) is 26.0 Å². The van der Waals surface area contributed by atoms with Gasteiger partial charge < -0.3 is 9.64 Å². The largest absolute Gasteiger partial charge is 0.494 e. The van der Waals surface area contributed by atoms with Gasteiger partial charge in [-0.1, -0.05) is 44.2 Å². The molecule has 1 unspecified atom stereocenters. The third kappa shape index (κ3) is 8.80. The van der Waals surface area contributed by atoms with Crippen molar-refractivity contribution in [3.05, 3.63) is 60.2 Å². The molecule has 0 spiro atoms. The van der Waals surface area contributed by atoms with Crippen LogP contribution in [0.5, 0.6) is 5.75 Å². The molecule has 2 aromatic rings. The van der Waals surface area contributed by atoms with Crippen LogP contribution in [0.2, 0.25) is 0 Å². The molecule has 0 aliphatic carbocycles. The summed E-state index contributed by atoms with van der Waals surface area (Å²) in [6, 6.07) is 14.6. The maximum absolute atomic E-state index is 12.9. The molecular formula is C27H38N4O6S. The number of hydrogen-bond acceptors (Lipinski definition) is 7. The Hall–Kier alpha value is -2.99. The average molecular weight is 547 g/mol. The molecule has 3 rings (SSSR count). The minimum Gasteiger partial charge on any atom is -0.494 e. The molecule has 1 heterocycles. The van der Waals surface area contributed by atoms with Gasteiger partial charge in [0, 0.05) is 32.7 Å². The fraction of sp³-hybridized carbons (Fsp3) is 0.481. The summed E-state index contributed by atoms with van der Waals surface area (Å²) < 4.78 is 33.9. The molecule has 1 atom stereocenters. The highest BCUT2D eigenvalue weighted by Crippen LogP contribution is 2.17. The van der Waals surface area contributed by atoms with Crippen molar-refractivity contribution in [1.82, 2.24) is 20.0 Å². The smallest absolute Gasteiger partial charge is 0.262 e. The van der Waals surface area contributed by atoms with E-state index in [2.05, 4.69) is 18.6 Å². The van der Waals surface area contributed by atoms with Gasteiger partial charge in [-0.2, -0.15) is 0 Å². The fourth-order valence-corrected chi connectivity index (χ4v) is 5.33. The molecule has 38 heavy (non-hydrogen) atoms. The number of nitrogens with zero attached hydrogens (tertiary/aromatic N) is 2. The molecule has 0 radical (unpaired) electrons. The quantitative estimate of drug-likeness (QED) is 0.199. The molecular weight excluding hydrogens is 508 g/mol. The van der Waals surface area contributed by atoms with Crippen molar-refractivity contribution in [3.8, 4) is 5.75 Å². The normalized spacial score (nSPS) is 15.3. The lowest BCUT2D eigenvalue weighted by Crippen LogP contribution is -2.58. The van der Waals surface area contributed by atoms with E-state index in [4.69, 9.17) is 4.74 Å². The van der Waals surface area contributed by atoms with Gasteiger partial charge in [-0.15, -0.1) is 0 Å². The third-order valence-electron chi connectivity index (χ3n) is 6.51. The van der Waals surface area contributed by atoms with Crippen molar-refractivity contribution in [2.45, 2.75) is 44.0 Å². The second-order valence-corrected chi connectivity index (χ2v) is 11.5.